The van der Waals surface area contributed by atoms with Crippen molar-refractivity contribution in [1.29, 1.82) is 0 Å². The van der Waals surface area contributed by atoms with Crippen LogP contribution in [0.4, 0.5) is 10.1 Å². The molecule has 2 aromatic rings. The smallest absolute Gasteiger partial charge is 0.254 e. The molecule has 0 atom stereocenters. The van der Waals surface area contributed by atoms with E-state index in [1.54, 1.807) is 18.2 Å². The van der Waals surface area contributed by atoms with Gasteiger partial charge in [-0.1, -0.05) is 6.92 Å². The summed E-state index contributed by atoms with van der Waals surface area (Å²) in [6, 6.07) is 10.3. The molecule has 6 nitrogen and oxygen atoms in total. The van der Waals surface area contributed by atoms with E-state index in [9.17, 15) is 14.0 Å². The summed E-state index contributed by atoms with van der Waals surface area (Å²) in [5.41, 5.74) is 0.842. The molecule has 0 aliphatic carbocycles. The predicted molar refractivity (Wildman–Crippen MR) is 101 cm³/mol. The second-order valence-corrected chi connectivity index (χ2v) is 5.93. The summed E-state index contributed by atoms with van der Waals surface area (Å²) in [4.78, 5) is 26.0. The zero-order chi connectivity index (χ0) is 19.8. The first kappa shape index (κ1) is 20.2. The number of anilines is 1. The van der Waals surface area contributed by atoms with Gasteiger partial charge in [0.2, 0.25) is 5.91 Å². The van der Waals surface area contributed by atoms with E-state index in [4.69, 9.17) is 9.47 Å². The Morgan fingerprint density at radius 3 is 2.44 bits per heavy atom. The number of carbonyl (C=O) groups excluding carboxylic acids is 2. The van der Waals surface area contributed by atoms with Gasteiger partial charge in [0.05, 0.1) is 20.3 Å². The van der Waals surface area contributed by atoms with Crippen molar-refractivity contribution in [2.45, 2.75) is 13.3 Å². The van der Waals surface area contributed by atoms with Crippen molar-refractivity contribution in [2.75, 3.05) is 32.6 Å². The number of nitrogens with one attached hydrogen (secondary N) is 1. The summed E-state index contributed by atoms with van der Waals surface area (Å²) in [5.74, 6) is -0.0800. The Morgan fingerprint density at radius 1 is 1.11 bits per heavy atom. The molecule has 0 fully saturated rings. The quantitative estimate of drug-likeness (QED) is 0.770. The molecule has 0 aromatic heterocycles. The number of methoxy groups -OCH3 is 1. The standard InChI is InChI=1S/C20H23FN2O4/c1-4-11-27-17-10-5-14(12-18(17)26-3)20(25)23(2)13-19(24)22-16-8-6-15(21)7-9-16/h5-10,12H,4,11,13H2,1-3H3,(H,22,24). The van der Waals surface area contributed by atoms with E-state index >= 15 is 0 Å². The van der Waals surface area contributed by atoms with Crippen molar-refractivity contribution in [3.8, 4) is 11.5 Å². The monoisotopic (exact) mass is 374 g/mol. The first-order valence-corrected chi connectivity index (χ1v) is 8.56. The van der Waals surface area contributed by atoms with Crippen LogP contribution in [0.25, 0.3) is 0 Å². The predicted octanol–water partition coefficient (Wildman–Crippen LogP) is 3.33. The van der Waals surface area contributed by atoms with E-state index in [2.05, 4.69) is 5.32 Å². The molecule has 0 aliphatic rings. The van der Waals surface area contributed by atoms with Gasteiger partial charge in [0.25, 0.3) is 5.91 Å². The van der Waals surface area contributed by atoms with Crippen LogP contribution in [0.1, 0.15) is 23.7 Å². The number of halogens is 1. The summed E-state index contributed by atoms with van der Waals surface area (Å²) < 4.78 is 23.7. The molecule has 0 radical (unpaired) electrons. The summed E-state index contributed by atoms with van der Waals surface area (Å²) in [6.45, 7) is 2.40. The molecule has 1 N–H and O–H groups in total. The lowest BCUT2D eigenvalue weighted by Crippen LogP contribution is -2.34. The molecule has 2 rings (SSSR count). The van der Waals surface area contributed by atoms with Gasteiger partial charge >= 0.3 is 0 Å². The number of ether oxygens (including phenoxy) is 2. The van der Waals surface area contributed by atoms with Crippen LogP contribution in [0.3, 0.4) is 0 Å². The summed E-state index contributed by atoms with van der Waals surface area (Å²) in [5, 5.41) is 2.62. The van der Waals surface area contributed by atoms with Gasteiger partial charge in [-0.25, -0.2) is 4.39 Å². The molecule has 2 amide bonds. The van der Waals surface area contributed by atoms with E-state index in [-0.39, 0.29) is 24.2 Å². The van der Waals surface area contributed by atoms with E-state index in [0.29, 0.717) is 29.4 Å². The number of carbonyl (C=O) groups is 2. The van der Waals surface area contributed by atoms with Gasteiger partial charge in [0.1, 0.15) is 5.82 Å². The number of likely N-dealkylation sites (N-methyl/N-ethyl adjacent to an activating group) is 1. The van der Waals surface area contributed by atoms with Crippen LogP contribution in [0, 0.1) is 5.82 Å². The second-order valence-electron chi connectivity index (χ2n) is 5.93. The van der Waals surface area contributed by atoms with E-state index < -0.39 is 0 Å². The third-order valence-corrected chi connectivity index (χ3v) is 3.73. The van der Waals surface area contributed by atoms with Gasteiger partial charge in [0.15, 0.2) is 11.5 Å². The van der Waals surface area contributed by atoms with Gasteiger partial charge in [-0.2, -0.15) is 0 Å². The van der Waals surface area contributed by atoms with Crippen LogP contribution in [0.2, 0.25) is 0 Å². The number of amides is 2. The second kappa shape index (κ2) is 9.56. The Kier molecular flexibility index (Phi) is 7.16. The molecule has 0 saturated carbocycles. The first-order valence-electron chi connectivity index (χ1n) is 8.56. The Balaban J connectivity index is 2.01. The minimum Gasteiger partial charge on any atom is -0.493 e. The molecule has 0 aliphatic heterocycles. The lowest BCUT2D eigenvalue weighted by atomic mass is 10.1. The highest BCUT2D eigenvalue weighted by Crippen LogP contribution is 2.28. The van der Waals surface area contributed by atoms with Gasteiger partial charge in [-0.15, -0.1) is 0 Å². The molecule has 0 heterocycles. The van der Waals surface area contributed by atoms with E-state index in [0.717, 1.165) is 6.42 Å². The minimum atomic E-state index is -0.388. The van der Waals surface area contributed by atoms with Crippen molar-refractivity contribution in [1.82, 2.24) is 4.90 Å². The van der Waals surface area contributed by atoms with Crippen LogP contribution in [-0.4, -0.2) is 44.0 Å². The Morgan fingerprint density at radius 2 is 1.81 bits per heavy atom. The summed E-state index contributed by atoms with van der Waals surface area (Å²) >= 11 is 0. The highest BCUT2D eigenvalue weighted by molar-refractivity contribution is 5.99. The molecule has 0 spiro atoms. The zero-order valence-corrected chi connectivity index (χ0v) is 15.6. The number of benzene rings is 2. The van der Waals surface area contributed by atoms with Crippen molar-refractivity contribution >= 4 is 17.5 Å². The van der Waals surface area contributed by atoms with Crippen LogP contribution < -0.4 is 14.8 Å². The van der Waals surface area contributed by atoms with Crippen molar-refractivity contribution in [3.63, 3.8) is 0 Å². The number of rotatable bonds is 8. The zero-order valence-electron chi connectivity index (χ0n) is 15.6. The average Bonchev–Trinajstić information content (AvgIpc) is 2.67. The maximum atomic E-state index is 12.9. The lowest BCUT2D eigenvalue weighted by Gasteiger charge is -2.18. The molecule has 0 bridgehead atoms. The first-order chi connectivity index (χ1) is 12.9. The van der Waals surface area contributed by atoms with Crippen LogP contribution in [-0.2, 0) is 4.79 Å². The van der Waals surface area contributed by atoms with Crippen LogP contribution in [0.5, 0.6) is 11.5 Å². The summed E-state index contributed by atoms with van der Waals surface area (Å²) in [7, 11) is 3.03. The topological polar surface area (TPSA) is 67.9 Å². The maximum absolute atomic E-state index is 12.9. The molecule has 7 heteroatoms. The van der Waals surface area contributed by atoms with Gasteiger partial charge in [-0.05, 0) is 48.9 Å². The van der Waals surface area contributed by atoms with Gasteiger partial charge in [-0.3, -0.25) is 9.59 Å². The number of nitrogens with zero attached hydrogens (tertiary/aromatic N) is 1. The van der Waals surface area contributed by atoms with Crippen molar-refractivity contribution < 1.29 is 23.5 Å². The fraction of sp³-hybridized carbons (Fsp3) is 0.300. The Bertz CT molecular complexity index is 793. The highest BCUT2D eigenvalue weighted by atomic mass is 19.1. The van der Waals surface area contributed by atoms with Crippen LogP contribution >= 0.6 is 0 Å². The molecule has 144 valence electrons. The SMILES string of the molecule is CCCOc1ccc(C(=O)N(C)CC(=O)Nc2ccc(F)cc2)cc1OC. The molecular formula is C20H23FN2O4. The van der Waals surface area contributed by atoms with E-state index in [1.807, 2.05) is 6.92 Å². The third-order valence-electron chi connectivity index (χ3n) is 3.73. The third kappa shape index (κ3) is 5.70. The fourth-order valence-corrected chi connectivity index (χ4v) is 2.37. The van der Waals surface area contributed by atoms with Gasteiger partial charge < -0.3 is 19.7 Å². The molecule has 0 unspecified atom stereocenters. The average molecular weight is 374 g/mol. The maximum Gasteiger partial charge on any atom is 0.254 e. The number of hydrogen-bond donors (Lipinski definition) is 1. The minimum absolute atomic E-state index is 0.146. The fourth-order valence-electron chi connectivity index (χ4n) is 2.37. The normalized spacial score (nSPS) is 10.2. The van der Waals surface area contributed by atoms with Crippen molar-refractivity contribution in [3.05, 3.63) is 53.8 Å². The molecule has 0 saturated heterocycles. The van der Waals surface area contributed by atoms with Gasteiger partial charge in [0, 0.05) is 18.3 Å². The molecule has 2 aromatic carbocycles. The van der Waals surface area contributed by atoms with Crippen LogP contribution in [0.15, 0.2) is 42.5 Å². The molecular weight excluding hydrogens is 351 g/mol. The highest BCUT2D eigenvalue weighted by Gasteiger charge is 2.17. The van der Waals surface area contributed by atoms with Crippen molar-refractivity contribution in [2.24, 2.45) is 0 Å². The largest absolute Gasteiger partial charge is 0.493 e. The van der Waals surface area contributed by atoms with E-state index in [1.165, 1.54) is 43.3 Å². The molecule has 27 heavy (non-hydrogen) atoms. The lowest BCUT2D eigenvalue weighted by molar-refractivity contribution is -0.116. The Hall–Kier alpha value is -3.09. The number of hydrogen-bond acceptors (Lipinski definition) is 4. The summed E-state index contributed by atoms with van der Waals surface area (Å²) in [6.07, 6.45) is 0.857. The Labute approximate surface area is 157 Å².